The molecule has 0 spiro atoms. The van der Waals surface area contributed by atoms with Crippen molar-refractivity contribution >= 4 is 11.6 Å². The molecule has 1 aromatic heterocycles. The fourth-order valence-corrected chi connectivity index (χ4v) is 1.49. The number of ether oxygens (including phenoxy) is 1. The largest absolute Gasteiger partial charge is 0.381 e. The quantitative estimate of drug-likeness (QED) is 0.536. The second-order valence-corrected chi connectivity index (χ2v) is 3.78. The molecule has 0 N–H and O–H groups in total. The third-order valence-corrected chi connectivity index (χ3v) is 2.38. The van der Waals surface area contributed by atoms with E-state index in [1.807, 2.05) is 6.92 Å². The maximum Gasteiger partial charge on any atom is 0.229 e. The van der Waals surface area contributed by atoms with Crippen molar-refractivity contribution in [1.29, 1.82) is 0 Å². The molecule has 1 rings (SSSR count). The molecule has 5 heteroatoms. The Bertz CT molecular complexity index is 278. The first-order valence-electron chi connectivity index (χ1n) is 5.32. The molecule has 0 amide bonds. The molecule has 1 atom stereocenters. The first-order chi connectivity index (χ1) is 7.27. The lowest BCUT2D eigenvalue weighted by molar-refractivity contribution is 0.144. The molecule has 86 valence electrons. The summed E-state index contributed by atoms with van der Waals surface area (Å²) < 4.78 is 10.2. The number of aromatic nitrogens is 2. The van der Waals surface area contributed by atoms with Gasteiger partial charge in [-0.15, -0.1) is 11.6 Å². The fourth-order valence-electron chi connectivity index (χ4n) is 1.18. The van der Waals surface area contributed by atoms with E-state index >= 15 is 0 Å². The number of rotatable bonds is 7. The molecule has 15 heavy (non-hydrogen) atoms. The Hall–Kier alpha value is -0.610. The van der Waals surface area contributed by atoms with Crippen LogP contribution in [0.4, 0.5) is 0 Å². The smallest absolute Gasteiger partial charge is 0.229 e. The highest BCUT2D eigenvalue weighted by atomic mass is 35.5. The van der Waals surface area contributed by atoms with Crippen molar-refractivity contribution in [2.24, 2.45) is 0 Å². The summed E-state index contributed by atoms with van der Waals surface area (Å²) >= 11 is 6.06. The minimum Gasteiger partial charge on any atom is -0.381 e. The highest BCUT2D eigenvalue weighted by molar-refractivity contribution is 6.20. The zero-order valence-corrected chi connectivity index (χ0v) is 9.96. The van der Waals surface area contributed by atoms with Crippen LogP contribution in [0.25, 0.3) is 0 Å². The highest BCUT2D eigenvalue weighted by Gasteiger charge is 2.14. The van der Waals surface area contributed by atoms with Gasteiger partial charge in [0.25, 0.3) is 0 Å². The summed E-state index contributed by atoms with van der Waals surface area (Å²) in [6, 6.07) is 0. The van der Waals surface area contributed by atoms with Gasteiger partial charge < -0.3 is 9.26 Å². The van der Waals surface area contributed by atoms with Crippen LogP contribution in [0.5, 0.6) is 0 Å². The van der Waals surface area contributed by atoms with E-state index in [2.05, 4.69) is 17.1 Å². The van der Waals surface area contributed by atoms with E-state index in [0.29, 0.717) is 31.3 Å². The van der Waals surface area contributed by atoms with Crippen LogP contribution in [-0.4, -0.2) is 23.4 Å². The zero-order chi connectivity index (χ0) is 11.1. The first-order valence-corrected chi connectivity index (χ1v) is 5.75. The van der Waals surface area contributed by atoms with E-state index in [0.717, 1.165) is 12.8 Å². The van der Waals surface area contributed by atoms with Crippen molar-refractivity contribution in [2.45, 2.75) is 38.5 Å². The van der Waals surface area contributed by atoms with E-state index in [4.69, 9.17) is 20.9 Å². The van der Waals surface area contributed by atoms with Gasteiger partial charge in [0.15, 0.2) is 5.82 Å². The molecule has 0 radical (unpaired) electrons. The molecule has 1 heterocycles. The average molecular weight is 233 g/mol. The Morgan fingerprint density at radius 1 is 1.47 bits per heavy atom. The molecule has 0 aliphatic carbocycles. The normalized spacial score (nSPS) is 13.0. The summed E-state index contributed by atoms with van der Waals surface area (Å²) in [7, 11) is 0. The lowest BCUT2D eigenvalue weighted by Crippen LogP contribution is -1.98. The Kier molecular flexibility index (Phi) is 5.65. The molecule has 0 saturated heterocycles. The van der Waals surface area contributed by atoms with E-state index in [9.17, 15) is 0 Å². The summed E-state index contributed by atoms with van der Waals surface area (Å²) in [6.07, 6.45) is 2.53. The van der Waals surface area contributed by atoms with Gasteiger partial charge in [0.05, 0.1) is 18.4 Å². The van der Waals surface area contributed by atoms with Crippen LogP contribution in [0.3, 0.4) is 0 Å². The maximum absolute atomic E-state index is 6.06. The van der Waals surface area contributed by atoms with Gasteiger partial charge in [-0.1, -0.05) is 18.5 Å². The first kappa shape index (κ1) is 12.5. The Morgan fingerprint density at radius 2 is 2.27 bits per heavy atom. The van der Waals surface area contributed by atoms with Crippen molar-refractivity contribution < 1.29 is 9.26 Å². The van der Waals surface area contributed by atoms with Crippen molar-refractivity contribution in [1.82, 2.24) is 10.1 Å². The molecule has 0 aromatic carbocycles. The fraction of sp³-hybridized carbons (Fsp3) is 0.800. The third-order valence-electron chi connectivity index (χ3n) is 1.97. The van der Waals surface area contributed by atoms with Crippen LogP contribution >= 0.6 is 11.6 Å². The van der Waals surface area contributed by atoms with Crippen LogP contribution in [0, 0.1) is 0 Å². The molecule has 0 fully saturated rings. The Morgan fingerprint density at radius 3 is 2.93 bits per heavy atom. The van der Waals surface area contributed by atoms with Crippen molar-refractivity contribution in [3.63, 3.8) is 0 Å². The molecule has 0 aliphatic heterocycles. The summed E-state index contributed by atoms with van der Waals surface area (Å²) in [6.45, 7) is 5.34. The van der Waals surface area contributed by atoms with Gasteiger partial charge in [-0.05, 0) is 13.3 Å². The van der Waals surface area contributed by atoms with Gasteiger partial charge >= 0.3 is 0 Å². The average Bonchev–Trinajstić information content (AvgIpc) is 2.67. The Labute approximate surface area is 95.0 Å². The standard InChI is InChI=1S/C10H17ClN2O2/c1-3-5-8(11)10-12-9(15-13-10)6-7-14-4-2/h8H,3-7H2,1-2H3. The predicted octanol–water partition coefficient (Wildman–Crippen LogP) is 2.73. The third kappa shape index (κ3) is 4.18. The zero-order valence-electron chi connectivity index (χ0n) is 9.20. The molecule has 1 aromatic rings. The summed E-state index contributed by atoms with van der Waals surface area (Å²) in [4.78, 5) is 4.21. The summed E-state index contributed by atoms with van der Waals surface area (Å²) in [5, 5.41) is 3.70. The van der Waals surface area contributed by atoms with E-state index in [1.54, 1.807) is 0 Å². The van der Waals surface area contributed by atoms with Crippen LogP contribution in [-0.2, 0) is 11.2 Å². The highest BCUT2D eigenvalue weighted by Crippen LogP contribution is 2.22. The van der Waals surface area contributed by atoms with Crippen molar-refractivity contribution in [3.05, 3.63) is 11.7 Å². The lowest BCUT2D eigenvalue weighted by Gasteiger charge is -1.99. The molecular formula is C10H17ClN2O2. The molecular weight excluding hydrogens is 216 g/mol. The van der Waals surface area contributed by atoms with E-state index in [1.165, 1.54) is 0 Å². The van der Waals surface area contributed by atoms with Crippen molar-refractivity contribution in [2.75, 3.05) is 13.2 Å². The van der Waals surface area contributed by atoms with Gasteiger partial charge in [0, 0.05) is 6.61 Å². The topological polar surface area (TPSA) is 48.2 Å². The van der Waals surface area contributed by atoms with Gasteiger partial charge in [-0.25, -0.2) is 0 Å². The predicted molar refractivity (Wildman–Crippen MR) is 58.0 cm³/mol. The number of hydrogen-bond acceptors (Lipinski definition) is 4. The minimum atomic E-state index is -0.139. The van der Waals surface area contributed by atoms with Gasteiger partial charge in [0.1, 0.15) is 0 Å². The number of hydrogen-bond donors (Lipinski definition) is 0. The molecule has 1 unspecified atom stereocenters. The molecule has 4 nitrogen and oxygen atoms in total. The summed E-state index contributed by atoms with van der Waals surface area (Å²) in [5.41, 5.74) is 0. The summed E-state index contributed by atoms with van der Waals surface area (Å²) in [5.74, 6) is 1.19. The Balaban J connectivity index is 2.41. The number of alkyl halides is 1. The second kappa shape index (κ2) is 6.80. The van der Waals surface area contributed by atoms with Crippen LogP contribution in [0.2, 0.25) is 0 Å². The van der Waals surface area contributed by atoms with Gasteiger partial charge in [-0.3, -0.25) is 0 Å². The van der Waals surface area contributed by atoms with E-state index < -0.39 is 0 Å². The minimum absolute atomic E-state index is 0.139. The van der Waals surface area contributed by atoms with E-state index in [-0.39, 0.29) is 5.38 Å². The van der Waals surface area contributed by atoms with Gasteiger partial charge in [0.2, 0.25) is 5.89 Å². The maximum atomic E-state index is 6.06. The number of nitrogens with zero attached hydrogens (tertiary/aromatic N) is 2. The van der Waals surface area contributed by atoms with Crippen LogP contribution < -0.4 is 0 Å². The molecule has 0 bridgehead atoms. The van der Waals surface area contributed by atoms with Crippen LogP contribution in [0.15, 0.2) is 4.52 Å². The molecule has 0 aliphatic rings. The second-order valence-electron chi connectivity index (χ2n) is 3.25. The lowest BCUT2D eigenvalue weighted by atomic mass is 10.2. The monoisotopic (exact) mass is 232 g/mol. The van der Waals surface area contributed by atoms with Crippen molar-refractivity contribution in [3.8, 4) is 0 Å². The molecule has 0 saturated carbocycles. The van der Waals surface area contributed by atoms with Gasteiger partial charge in [-0.2, -0.15) is 4.98 Å². The number of halogens is 1. The SMILES string of the molecule is CCCC(Cl)c1noc(CCOCC)n1. The van der Waals surface area contributed by atoms with Crippen LogP contribution in [0.1, 0.15) is 43.8 Å².